The molecular formula is C15H23N3O4. The lowest BCUT2D eigenvalue weighted by Gasteiger charge is -2.30. The Balaban J connectivity index is 2.12. The molecule has 122 valence electrons. The fourth-order valence-corrected chi connectivity index (χ4v) is 2.93. The number of β-amino-alcohol motifs (C(OH)–C–C–N with tert-alkyl or cyclic N) is 1. The van der Waals surface area contributed by atoms with Crippen LogP contribution in [-0.4, -0.2) is 63.8 Å². The molecule has 0 aromatic carbocycles. The number of ether oxygens (including phenoxy) is 1. The van der Waals surface area contributed by atoms with Crippen molar-refractivity contribution >= 4 is 12.0 Å². The summed E-state index contributed by atoms with van der Waals surface area (Å²) in [5, 5.41) is 19.0. The van der Waals surface area contributed by atoms with E-state index in [0.717, 1.165) is 6.42 Å². The summed E-state index contributed by atoms with van der Waals surface area (Å²) in [7, 11) is 0. The van der Waals surface area contributed by atoms with Crippen LogP contribution in [0.25, 0.3) is 0 Å². The van der Waals surface area contributed by atoms with Gasteiger partial charge >= 0.3 is 6.09 Å². The third kappa shape index (κ3) is 3.50. The maximum atomic E-state index is 12.7. The molecule has 0 aromatic heterocycles. The van der Waals surface area contributed by atoms with Crippen LogP contribution in [0, 0.1) is 11.3 Å². The molecule has 7 nitrogen and oxygen atoms in total. The van der Waals surface area contributed by atoms with Gasteiger partial charge in [0.05, 0.1) is 18.7 Å². The van der Waals surface area contributed by atoms with Crippen molar-refractivity contribution < 1.29 is 19.4 Å². The first-order valence-electron chi connectivity index (χ1n) is 7.60. The van der Waals surface area contributed by atoms with Crippen molar-refractivity contribution in [3.63, 3.8) is 0 Å². The Morgan fingerprint density at radius 1 is 1.32 bits per heavy atom. The Bertz CT molecular complexity index is 494. The topological polar surface area (TPSA) is 93.9 Å². The summed E-state index contributed by atoms with van der Waals surface area (Å²) >= 11 is 0. The molecule has 1 unspecified atom stereocenters. The van der Waals surface area contributed by atoms with Gasteiger partial charge in [0, 0.05) is 13.0 Å². The Morgan fingerprint density at radius 2 is 2.00 bits per heavy atom. The average Bonchev–Trinajstić information content (AvgIpc) is 3.01. The maximum absolute atomic E-state index is 12.7. The minimum absolute atomic E-state index is 0.0797. The molecule has 0 radical (unpaired) electrons. The van der Waals surface area contributed by atoms with E-state index in [1.807, 2.05) is 0 Å². The van der Waals surface area contributed by atoms with Gasteiger partial charge in [-0.25, -0.2) is 4.79 Å². The smallest absolute Gasteiger partial charge is 0.411 e. The fourth-order valence-electron chi connectivity index (χ4n) is 2.93. The van der Waals surface area contributed by atoms with Gasteiger partial charge < -0.3 is 14.7 Å². The van der Waals surface area contributed by atoms with E-state index < -0.39 is 29.9 Å². The van der Waals surface area contributed by atoms with Gasteiger partial charge in [-0.15, -0.1) is 0 Å². The predicted molar refractivity (Wildman–Crippen MR) is 77.7 cm³/mol. The van der Waals surface area contributed by atoms with Crippen molar-refractivity contribution in [1.82, 2.24) is 9.80 Å². The van der Waals surface area contributed by atoms with Gasteiger partial charge in [-0.3, -0.25) is 9.69 Å². The number of aliphatic hydroxyl groups is 1. The summed E-state index contributed by atoms with van der Waals surface area (Å²) in [5.41, 5.74) is -0.666. The number of nitriles is 1. The van der Waals surface area contributed by atoms with Crippen molar-refractivity contribution in [2.75, 3.05) is 13.1 Å². The van der Waals surface area contributed by atoms with Crippen molar-refractivity contribution in [3.8, 4) is 6.07 Å². The monoisotopic (exact) mass is 309 g/mol. The summed E-state index contributed by atoms with van der Waals surface area (Å²) in [6.45, 7) is 5.85. The van der Waals surface area contributed by atoms with Crippen molar-refractivity contribution in [2.24, 2.45) is 0 Å². The van der Waals surface area contributed by atoms with Crippen LogP contribution < -0.4 is 0 Å². The van der Waals surface area contributed by atoms with Crippen LogP contribution in [0.1, 0.15) is 40.0 Å². The molecule has 2 rings (SSSR count). The lowest BCUT2D eigenvalue weighted by molar-refractivity contribution is -0.135. The number of carbonyl (C=O) groups is 2. The normalized spacial score (nSPS) is 28.6. The molecule has 2 fully saturated rings. The van der Waals surface area contributed by atoms with Crippen molar-refractivity contribution in [1.29, 1.82) is 5.26 Å². The molecular weight excluding hydrogens is 286 g/mol. The highest BCUT2D eigenvalue weighted by atomic mass is 16.6. The van der Waals surface area contributed by atoms with Crippen molar-refractivity contribution in [3.05, 3.63) is 0 Å². The number of carbonyl (C=O) groups excluding carboxylic acids is 2. The zero-order valence-electron chi connectivity index (χ0n) is 13.3. The van der Waals surface area contributed by atoms with Crippen LogP contribution in [-0.2, 0) is 9.53 Å². The highest BCUT2D eigenvalue weighted by Crippen LogP contribution is 2.26. The van der Waals surface area contributed by atoms with Crippen LogP contribution in [0.5, 0.6) is 0 Å². The summed E-state index contributed by atoms with van der Waals surface area (Å²) < 4.78 is 5.31. The molecule has 1 N–H and O–H groups in total. The molecule has 0 spiro atoms. The number of hydrogen-bond donors (Lipinski definition) is 1. The summed E-state index contributed by atoms with van der Waals surface area (Å²) in [5.74, 6) is -0.272. The number of amides is 2. The van der Waals surface area contributed by atoms with Crippen LogP contribution in [0.3, 0.4) is 0 Å². The summed E-state index contributed by atoms with van der Waals surface area (Å²) in [6, 6.07) is 0.930. The SMILES string of the molecule is CC(C)(C)OC(=O)N1C[C@H](O)C[C@H]1C(=O)N1CCCC1C#N. The molecule has 22 heavy (non-hydrogen) atoms. The van der Waals surface area contributed by atoms with E-state index in [1.54, 1.807) is 20.8 Å². The third-order valence-corrected chi connectivity index (χ3v) is 3.88. The first-order valence-corrected chi connectivity index (χ1v) is 7.60. The minimum Gasteiger partial charge on any atom is -0.444 e. The highest BCUT2D eigenvalue weighted by molar-refractivity contribution is 5.87. The Kier molecular flexibility index (Phi) is 4.61. The maximum Gasteiger partial charge on any atom is 0.411 e. The van der Waals surface area contributed by atoms with E-state index >= 15 is 0 Å². The number of nitrogens with zero attached hydrogens (tertiary/aromatic N) is 3. The van der Waals surface area contributed by atoms with Gasteiger partial charge in [0.2, 0.25) is 5.91 Å². The van der Waals surface area contributed by atoms with Crippen LogP contribution >= 0.6 is 0 Å². The number of hydrogen-bond acceptors (Lipinski definition) is 5. The first kappa shape index (κ1) is 16.6. The van der Waals surface area contributed by atoms with Crippen LogP contribution in [0.15, 0.2) is 0 Å². The first-order chi connectivity index (χ1) is 10.2. The average molecular weight is 309 g/mol. The second kappa shape index (κ2) is 6.13. The number of likely N-dealkylation sites (tertiary alicyclic amines) is 2. The Hall–Kier alpha value is -1.81. The molecule has 0 aromatic rings. The highest BCUT2D eigenvalue weighted by Gasteiger charge is 2.44. The summed E-state index contributed by atoms with van der Waals surface area (Å²) in [4.78, 5) is 27.7. The second-order valence-electron chi connectivity index (χ2n) is 6.86. The lowest BCUT2D eigenvalue weighted by atomic mass is 10.1. The van der Waals surface area contributed by atoms with Gasteiger partial charge in [-0.1, -0.05) is 0 Å². The Morgan fingerprint density at radius 3 is 2.59 bits per heavy atom. The molecule has 0 saturated carbocycles. The van der Waals surface area contributed by atoms with Gasteiger partial charge in [0.15, 0.2) is 0 Å². The van der Waals surface area contributed by atoms with E-state index in [4.69, 9.17) is 10.00 Å². The molecule has 3 atom stereocenters. The molecule has 2 amide bonds. The van der Waals surface area contributed by atoms with E-state index in [9.17, 15) is 14.7 Å². The molecule has 0 aliphatic carbocycles. The van der Waals surface area contributed by atoms with Gasteiger partial charge in [-0.2, -0.15) is 5.26 Å². The second-order valence-corrected chi connectivity index (χ2v) is 6.86. The Labute approximate surface area is 130 Å². The fraction of sp³-hybridized carbons (Fsp3) is 0.800. The van der Waals surface area contributed by atoms with E-state index in [1.165, 1.54) is 9.80 Å². The minimum atomic E-state index is -0.751. The largest absolute Gasteiger partial charge is 0.444 e. The number of rotatable bonds is 1. The molecule has 2 aliphatic heterocycles. The standard InChI is InChI=1S/C15H23N3O4/c1-15(2,3)22-14(21)18-9-11(19)7-12(18)13(20)17-6-4-5-10(17)8-16/h10-12,19H,4-7,9H2,1-3H3/t10?,11-,12+/m1/s1. The summed E-state index contributed by atoms with van der Waals surface area (Å²) in [6.07, 6.45) is 0.280. The third-order valence-electron chi connectivity index (χ3n) is 3.88. The molecule has 0 bridgehead atoms. The van der Waals surface area contributed by atoms with Gasteiger partial charge in [0.1, 0.15) is 17.7 Å². The van der Waals surface area contributed by atoms with Gasteiger partial charge in [-0.05, 0) is 33.6 Å². The zero-order chi connectivity index (χ0) is 16.5. The van der Waals surface area contributed by atoms with E-state index in [2.05, 4.69) is 6.07 Å². The van der Waals surface area contributed by atoms with Gasteiger partial charge in [0.25, 0.3) is 0 Å². The molecule has 2 aliphatic rings. The van der Waals surface area contributed by atoms with Crippen LogP contribution in [0.2, 0.25) is 0 Å². The quantitative estimate of drug-likeness (QED) is 0.775. The van der Waals surface area contributed by atoms with E-state index in [0.29, 0.717) is 13.0 Å². The van der Waals surface area contributed by atoms with E-state index in [-0.39, 0.29) is 18.9 Å². The number of aliphatic hydroxyl groups excluding tert-OH is 1. The zero-order valence-corrected chi connectivity index (χ0v) is 13.3. The predicted octanol–water partition coefficient (Wildman–Crippen LogP) is 0.871. The molecule has 2 heterocycles. The molecule has 7 heteroatoms. The van der Waals surface area contributed by atoms with Crippen molar-refractivity contribution in [2.45, 2.75) is 63.8 Å². The van der Waals surface area contributed by atoms with Crippen LogP contribution in [0.4, 0.5) is 4.79 Å². The lowest BCUT2D eigenvalue weighted by Crippen LogP contribution is -2.50. The molecule has 2 saturated heterocycles.